The lowest BCUT2D eigenvalue weighted by Gasteiger charge is -2.35. The Morgan fingerprint density at radius 2 is 1.47 bits per heavy atom. The molecule has 2 aromatic rings. The Morgan fingerprint density at radius 3 is 1.97 bits per heavy atom. The molecule has 0 saturated carbocycles. The first kappa shape index (κ1) is 22.5. The number of nitrogens with zero attached hydrogens (tertiary/aromatic N) is 2. The molecule has 6 nitrogen and oxygen atoms in total. The van der Waals surface area contributed by atoms with Crippen molar-refractivity contribution in [1.82, 2.24) is 9.21 Å². The molecule has 1 heterocycles. The van der Waals surface area contributed by atoms with E-state index in [2.05, 4.69) is 0 Å². The van der Waals surface area contributed by atoms with Gasteiger partial charge in [0.2, 0.25) is 10.0 Å². The first-order valence-corrected chi connectivity index (χ1v) is 11.6. The SMILES string of the molecule is COCc1ccc(C(=O)N2CCN(S(=O)(=O)c3c(C)c(C)cc(C)c3C)CC2)cc1. The van der Waals surface area contributed by atoms with Gasteiger partial charge in [-0.3, -0.25) is 4.79 Å². The number of hydrogen-bond acceptors (Lipinski definition) is 4. The zero-order valence-corrected chi connectivity index (χ0v) is 19.2. The van der Waals surface area contributed by atoms with Gasteiger partial charge in [0.1, 0.15) is 0 Å². The average molecular weight is 431 g/mol. The van der Waals surface area contributed by atoms with Crippen molar-refractivity contribution in [3.05, 3.63) is 63.7 Å². The topological polar surface area (TPSA) is 66.9 Å². The highest BCUT2D eigenvalue weighted by atomic mass is 32.2. The Bertz CT molecular complexity index is 1010. The summed E-state index contributed by atoms with van der Waals surface area (Å²) < 4.78 is 33.4. The molecule has 3 rings (SSSR count). The molecule has 0 N–H and O–H groups in total. The number of sulfonamides is 1. The van der Waals surface area contributed by atoms with Crippen LogP contribution < -0.4 is 0 Å². The molecule has 0 radical (unpaired) electrons. The summed E-state index contributed by atoms with van der Waals surface area (Å²) in [6, 6.07) is 9.37. The predicted octanol–water partition coefficient (Wildman–Crippen LogP) is 3.21. The minimum absolute atomic E-state index is 0.0743. The van der Waals surface area contributed by atoms with Crippen LogP contribution in [0.15, 0.2) is 35.2 Å². The maximum atomic E-state index is 13.4. The Labute approximate surface area is 179 Å². The summed E-state index contributed by atoms with van der Waals surface area (Å²) in [5.74, 6) is -0.0743. The van der Waals surface area contributed by atoms with Crippen LogP contribution in [0, 0.1) is 27.7 Å². The number of rotatable bonds is 5. The van der Waals surface area contributed by atoms with Crippen molar-refractivity contribution >= 4 is 15.9 Å². The molecule has 7 heteroatoms. The van der Waals surface area contributed by atoms with Crippen molar-refractivity contribution in [3.8, 4) is 0 Å². The number of amides is 1. The van der Waals surface area contributed by atoms with Gasteiger partial charge in [-0.15, -0.1) is 0 Å². The molecule has 1 aliphatic rings. The van der Waals surface area contributed by atoms with E-state index in [1.54, 1.807) is 24.1 Å². The standard InChI is InChI=1S/C23H30N2O4S/c1-16-14-17(2)19(4)22(18(16)3)30(27,28)25-12-10-24(11-13-25)23(26)21-8-6-20(7-9-21)15-29-5/h6-9,14H,10-13,15H2,1-5H3. The average Bonchev–Trinajstić information content (AvgIpc) is 2.73. The normalized spacial score (nSPS) is 15.4. The van der Waals surface area contributed by atoms with Crippen LogP contribution >= 0.6 is 0 Å². The minimum atomic E-state index is -3.61. The van der Waals surface area contributed by atoms with E-state index in [9.17, 15) is 13.2 Å². The van der Waals surface area contributed by atoms with Gasteiger partial charge in [-0.05, 0) is 67.6 Å². The summed E-state index contributed by atoms with van der Waals surface area (Å²) in [7, 11) is -1.98. The van der Waals surface area contributed by atoms with Gasteiger partial charge in [0, 0.05) is 38.9 Å². The molecule has 1 aliphatic heterocycles. The summed E-state index contributed by atoms with van der Waals surface area (Å²) in [4.78, 5) is 15.0. The third-order valence-corrected chi connectivity index (χ3v) is 8.11. The molecule has 0 atom stereocenters. The maximum absolute atomic E-state index is 13.4. The largest absolute Gasteiger partial charge is 0.380 e. The number of piperazine rings is 1. The number of hydrogen-bond donors (Lipinski definition) is 0. The van der Waals surface area contributed by atoms with Crippen molar-refractivity contribution in [2.24, 2.45) is 0 Å². The fraction of sp³-hybridized carbons (Fsp3) is 0.435. The van der Waals surface area contributed by atoms with Gasteiger partial charge in [-0.2, -0.15) is 4.31 Å². The fourth-order valence-electron chi connectivity index (χ4n) is 3.92. The third-order valence-electron chi connectivity index (χ3n) is 5.93. The molecule has 1 saturated heterocycles. The van der Waals surface area contributed by atoms with Crippen molar-refractivity contribution in [2.75, 3.05) is 33.3 Å². The van der Waals surface area contributed by atoms with Gasteiger partial charge in [-0.1, -0.05) is 18.2 Å². The predicted molar refractivity (Wildman–Crippen MR) is 117 cm³/mol. The zero-order chi connectivity index (χ0) is 22.1. The van der Waals surface area contributed by atoms with Crippen LogP contribution in [0.2, 0.25) is 0 Å². The molecule has 0 aromatic heterocycles. The Morgan fingerprint density at radius 1 is 0.933 bits per heavy atom. The minimum Gasteiger partial charge on any atom is -0.380 e. The van der Waals surface area contributed by atoms with Crippen LogP contribution in [0.1, 0.15) is 38.2 Å². The first-order chi connectivity index (χ1) is 14.2. The molecule has 30 heavy (non-hydrogen) atoms. The second-order valence-corrected chi connectivity index (χ2v) is 9.79. The molecule has 1 amide bonds. The van der Waals surface area contributed by atoms with Crippen molar-refractivity contribution in [1.29, 1.82) is 0 Å². The van der Waals surface area contributed by atoms with E-state index < -0.39 is 10.0 Å². The number of methoxy groups -OCH3 is 1. The Hall–Kier alpha value is -2.22. The van der Waals surface area contributed by atoms with Gasteiger partial charge in [0.15, 0.2) is 0 Å². The molecule has 0 aliphatic carbocycles. The summed E-state index contributed by atoms with van der Waals surface area (Å²) in [5, 5.41) is 0. The maximum Gasteiger partial charge on any atom is 0.253 e. The van der Waals surface area contributed by atoms with Crippen LogP contribution in [0.4, 0.5) is 0 Å². The molecule has 2 aromatic carbocycles. The molecular formula is C23H30N2O4S. The molecule has 162 valence electrons. The monoisotopic (exact) mass is 430 g/mol. The lowest BCUT2D eigenvalue weighted by molar-refractivity contribution is 0.0697. The van der Waals surface area contributed by atoms with Crippen LogP contribution in [0.5, 0.6) is 0 Å². The van der Waals surface area contributed by atoms with E-state index in [4.69, 9.17) is 4.74 Å². The van der Waals surface area contributed by atoms with Crippen LogP contribution in [-0.4, -0.2) is 56.8 Å². The van der Waals surface area contributed by atoms with Gasteiger partial charge in [-0.25, -0.2) is 8.42 Å². The summed E-state index contributed by atoms with van der Waals surface area (Å²) >= 11 is 0. The fourth-order valence-corrected chi connectivity index (χ4v) is 5.92. The number of benzene rings is 2. The number of carbonyl (C=O) groups excluding carboxylic acids is 1. The van der Waals surface area contributed by atoms with E-state index in [1.165, 1.54) is 4.31 Å². The van der Waals surface area contributed by atoms with E-state index in [0.29, 0.717) is 43.2 Å². The highest BCUT2D eigenvalue weighted by Gasteiger charge is 2.33. The summed E-state index contributed by atoms with van der Waals surface area (Å²) in [6.07, 6.45) is 0. The number of aryl methyl sites for hydroxylation is 2. The number of carbonyl (C=O) groups is 1. The zero-order valence-electron chi connectivity index (χ0n) is 18.4. The second-order valence-electron chi connectivity index (χ2n) is 7.92. The third kappa shape index (κ3) is 4.29. The molecular weight excluding hydrogens is 400 g/mol. The van der Waals surface area contributed by atoms with E-state index in [0.717, 1.165) is 27.8 Å². The lowest BCUT2D eigenvalue weighted by Crippen LogP contribution is -2.50. The highest BCUT2D eigenvalue weighted by Crippen LogP contribution is 2.29. The Balaban J connectivity index is 1.74. The van der Waals surface area contributed by atoms with E-state index >= 15 is 0 Å². The van der Waals surface area contributed by atoms with Gasteiger partial charge < -0.3 is 9.64 Å². The summed E-state index contributed by atoms with van der Waals surface area (Å²) in [5.41, 5.74) is 5.15. The highest BCUT2D eigenvalue weighted by molar-refractivity contribution is 7.89. The van der Waals surface area contributed by atoms with E-state index in [-0.39, 0.29) is 5.91 Å². The molecule has 0 bridgehead atoms. The van der Waals surface area contributed by atoms with Crippen LogP contribution in [0.25, 0.3) is 0 Å². The summed E-state index contributed by atoms with van der Waals surface area (Å²) in [6.45, 7) is 9.45. The quantitative estimate of drug-likeness (QED) is 0.731. The molecule has 0 unspecified atom stereocenters. The molecule has 0 spiro atoms. The van der Waals surface area contributed by atoms with Crippen LogP contribution in [0.3, 0.4) is 0 Å². The van der Waals surface area contributed by atoms with Crippen molar-refractivity contribution < 1.29 is 17.9 Å². The Kier molecular flexibility index (Phi) is 6.65. The van der Waals surface area contributed by atoms with Crippen LogP contribution in [-0.2, 0) is 21.4 Å². The first-order valence-electron chi connectivity index (χ1n) is 10.1. The van der Waals surface area contributed by atoms with Gasteiger partial charge in [0.25, 0.3) is 5.91 Å². The number of ether oxygens (including phenoxy) is 1. The lowest BCUT2D eigenvalue weighted by atomic mass is 10.0. The van der Waals surface area contributed by atoms with Gasteiger partial charge >= 0.3 is 0 Å². The van der Waals surface area contributed by atoms with Gasteiger partial charge in [0.05, 0.1) is 11.5 Å². The molecule has 1 fully saturated rings. The smallest absolute Gasteiger partial charge is 0.253 e. The van der Waals surface area contributed by atoms with E-state index in [1.807, 2.05) is 45.9 Å². The van der Waals surface area contributed by atoms with Crippen molar-refractivity contribution in [2.45, 2.75) is 39.2 Å². The second kappa shape index (κ2) is 8.88. The van der Waals surface area contributed by atoms with Crippen molar-refractivity contribution in [3.63, 3.8) is 0 Å².